The van der Waals surface area contributed by atoms with E-state index in [1.54, 1.807) is 13.0 Å². The zero-order valence-electron chi connectivity index (χ0n) is 8.89. The number of Topliss-reactive ketones (excluding diaryl/α,β-unsaturated/α-hetero) is 1. The molecular formula is C11H18O2. The zero-order chi connectivity index (χ0) is 10.5. The summed E-state index contributed by atoms with van der Waals surface area (Å²) >= 11 is 0. The number of hydrogen-bond donors (Lipinski definition) is 0. The van der Waals surface area contributed by atoms with Crippen molar-refractivity contribution in [2.45, 2.75) is 40.5 Å². The van der Waals surface area contributed by atoms with Crippen LogP contribution in [0.5, 0.6) is 0 Å². The fraction of sp³-hybridized carbons (Fsp3) is 0.636. The minimum absolute atomic E-state index is 0.0279. The number of carbonyl (C=O) groups is 2. The summed E-state index contributed by atoms with van der Waals surface area (Å²) in [5, 5.41) is 0. The first-order valence-electron chi connectivity index (χ1n) is 4.56. The van der Waals surface area contributed by atoms with Gasteiger partial charge in [-0.3, -0.25) is 9.59 Å². The lowest BCUT2D eigenvalue weighted by Gasteiger charge is -2.15. The third-order valence-electron chi connectivity index (χ3n) is 1.79. The van der Waals surface area contributed by atoms with Gasteiger partial charge in [-0.2, -0.15) is 0 Å². The van der Waals surface area contributed by atoms with Crippen molar-refractivity contribution in [1.29, 1.82) is 0 Å². The van der Waals surface area contributed by atoms with Crippen LogP contribution in [0.2, 0.25) is 0 Å². The quantitative estimate of drug-likeness (QED) is 0.626. The van der Waals surface area contributed by atoms with E-state index in [4.69, 9.17) is 0 Å². The first-order chi connectivity index (χ1) is 5.88. The molecule has 2 nitrogen and oxygen atoms in total. The average Bonchev–Trinajstić information content (AvgIpc) is 1.99. The van der Waals surface area contributed by atoms with Crippen LogP contribution in [0, 0.1) is 5.41 Å². The SMILES string of the molecule is C/C=C\C(=O)CCC(=O)C(C)(C)C. The third-order valence-corrected chi connectivity index (χ3v) is 1.79. The van der Waals surface area contributed by atoms with E-state index < -0.39 is 0 Å². The maximum atomic E-state index is 11.4. The van der Waals surface area contributed by atoms with E-state index >= 15 is 0 Å². The highest BCUT2D eigenvalue weighted by Gasteiger charge is 2.20. The van der Waals surface area contributed by atoms with Crippen LogP contribution in [0.15, 0.2) is 12.2 Å². The summed E-state index contributed by atoms with van der Waals surface area (Å²) in [4.78, 5) is 22.4. The molecule has 0 aliphatic heterocycles. The van der Waals surface area contributed by atoms with E-state index in [1.807, 2.05) is 20.8 Å². The highest BCUT2D eigenvalue weighted by atomic mass is 16.1. The van der Waals surface area contributed by atoms with E-state index in [0.717, 1.165) is 0 Å². The van der Waals surface area contributed by atoms with Gasteiger partial charge in [-0.25, -0.2) is 0 Å². The van der Waals surface area contributed by atoms with Crippen molar-refractivity contribution in [3.8, 4) is 0 Å². The van der Waals surface area contributed by atoms with E-state index in [0.29, 0.717) is 12.8 Å². The summed E-state index contributed by atoms with van der Waals surface area (Å²) in [5.41, 5.74) is -0.323. The van der Waals surface area contributed by atoms with Gasteiger partial charge in [0.25, 0.3) is 0 Å². The molecule has 0 spiro atoms. The van der Waals surface area contributed by atoms with Crippen LogP contribution in [0.3, 0.4) is 0 Å². The van der Waals surface area contributed by atoms with Crippen molar-refractivity contribution in [3.63, 3.8) is 0 Å². The summed E-state index contributed by atoms with van der Waals surface area (Å²) in [6.45, 7) is 7.41. The molecule has 0 aromatic heterocycles. The highest BCUT2D eigenvalue weighted by molar-refractivity contribution is 5.93. The van der Waals surface area contributed by atoms with E-state index in [1.165, 1.54) is 6.08 Å². The Morgan fingerprint density at radius 2 is 1.69 bits per heavy atom. The van der Waals surface area contributed by atoms with Gasteiger partial charge in [-0.05, 0) is 13.0 Å². The van der Waals surface area contributed by atoms with Crippen LogP contribution < -0.4 is 0 Å². The fourth-order valence-corrected chi connectivity index (χ4v) is 0.881. The molecule has 0 saturated carbocycles. The van der Waals surface area contributed by atoms with Crippen LogP contribution in [0.4, 0.5) is 0 Å². The van der Waals surface area contributed by atoms with Crippen LogP contribution in [-0.4, -0.2) is 11.6 Å². The number of allylic oxidation sites excluding steroid dienone is 2. The summed E-state index contributed by atoms with van der Waals surface area (Å²) in [6, 6.07) is 0. The second-order valence-corrected chi connectivity index (χ2v) is 4.14. The number of rotatable bonds is 4. The smallest absolute Gasteiger partial charge is 0.155 e. The molecule has 0 saturated heterocycles. The van der Waals surface area contributed by atoms with E-state index in [-0.39, 0.29) is 17.0 Å². The van der Waals surface area contributed by atoms with Crippen LogP contribution in [-0.2, 0) is 9.59 Å². The Labute approximate surface area is 80.0 Å². The lowest BCUT2D eigenvalue weighted by molar-refractivity contribution is -0.128. The topological polar surface area (TPSA) is 34.1 Å². The molecule has 0 fully saturated rings. The molecule has 0 aromatic carbocycles. The molecule has 0 heterocycles. The van der Waals surface area contributed by atoms with Gasteiger partial charge >= 0.3 is 0 Å². The van der Waals surface area contributed by atoms with Gasteiger partial charge in [0.1, 0.15) is 5.78 Å². The number of hydrogen-bond acceptors (Lipinski definition) is 2. The lowest BCUT2D eigenvalue weighted by Crippen LogP contribution is -2.20. The molecular weight excluding hydrogens is 164 g/mol. The molecule has 0 amide bonds. The normalized spacial score (nSPS) is 12.0. The Hall–Kier alpha value is -0.920. The molecule has 0 aliphatic carbocycles. The van der Waals surface area contributed by atoms with Crippen LogP contribution >= 0.6 is 0 Å². The molecule has 0 aromatic rings. The molecule has 13 heavy (non-hydrogen) atoms. The van der Waals surface area contributed by atoms with Gasteiger partial charge in [-0.15, -0.1) is 0 Å². The minimum Gasteiger partial charge on any atom is -0.299 e. The second-order valence-electron chi connectivity index (χ2n) is 4.14. The molecule has 0 bridgehead atoms. The highest BCUT2D eigenvalue weighted by Crippen LogP contribution is 2.17. The van der Waals surface area contributed by atoms with E-state index in [9.17, 15) is 9.59 Å². The number of ketones is 2. The first kappa shape index (κ1) is 12.1. The molecule has 0 aliphatic rings. The molecule has 74 valence electrons. The predicted octanol–water partition coefficient (Wildman–Crippen LogP) is 2.53. The van der Waals surface area contributed by atoms with Gasteiger partial charge in [0.2, 0.25) is 0 Å². The first-order valence-corrected chi connectivity index (χ1v) is 4.56. The summed E-state index contributed by atoms with van der Waals surface area (Å²) in [7, 11) is 0. The fourth-order valence-electron chi connectivity index (χ4n) is 0.881. The Bertz CT molecular complexity index is 219. The second kappa shape index (κ2) is 4.95. The van der Waals surface area contributed by atoms with Crippen LogP contribution in [0.25, 0.3) is 0 Å². The minimum atomic E-state index is -0.323. The maximum absolute atomic E-state index is 11.4. The van der Waals surface area contributed by atoms with Crippen molar-refractivity contribution in [1.82, 2.24) is 0 Å². The predicted molar refractivity (Wildman–Crippen MR) is 53.5 cm³/mol. The molecule has 0 N–H and O–H groups in total. The van der Waals surface area contributed by atoms with Gasteiger partial charge in [0.05, 0.1) is 0 Å². The van der Waals surface area contributed by atoms with Crippen molar-refractivity contribution in [3.05, 3.63) is 12.2 Å². The Morgan fingerprint density at radius 1 is 1.15 bits per heavy atom. The molecule has 2 heteroatoms. The third kappa shape index (κ3) is 5.34. The van der Waals surface area contributed by atoms with E-state index in [2.05, 4.69) is 0 Å². The largest absolute Gasteiger partial charge is 0.299 e. The van der Waals surface area contributed by atoms with Crippen molar-refractivity contribution < 1.29 is 9.59 Å². The molecule has 0 radical (unpaired) electrons. The molecule has 0 atom stereocenters. The van der Waals surface area contributed by atoms with Gasteiger partial charge in [-0.1, -0.05) is 26.8 Å². The average molecular weight is 182 g/mol. The van der Waals surface area contributed by atoms with Gasteiger partial charge in [0, 0.05) is 18.3 Å². The summed E-state index contributed by atoms with van der Waals surface area (Å²) < 4.78 is 0. The Balaban J connectivity index is 3.91. The van der Waals surface area contributed by atoms with Gasteiger partial charge < -0.3 is 0 Å². The van der Waals surface area contributed by atoms with Crippen molar-refractivity contribution >= 4 is 11.6 Å². The summed E-state index contributed by atoms with van der Waals surface area (Å²) in [6.07, 6.45) is 3.90. The Morgan fingerprint density at radius 3 is 2.08 bits per heavy atom. The monoisotopic (exact) mass is 182 g/mol. The molecule has 0 unspecified atom stereocenters. The zero-order valence-corrected chi connectivity index (χ0v) is 8.89. The van der Waals surface area contributed by atoms with Crippen molar-refractivity contribution in [2.75, 3.05) is 0 Å². The maximum Gasteiger partial charge on any atom is 0.155 e. The van der Waals surface area contributed by atoms with Gasteiger partial charge in [0.15, 0.2) is 5.78 Å². The lowest BCUT2D eigenvalue weighted by atomic mass is 9.88. The van der Waals surface area contributed by atoms with Crippen molar-refractivity contribution in [2.24, 2.45) is 5.41 Å². The standard InChI is InChI=1S/C11H18O2/c1-5-6-9(12)7-8-10(13)11(2,3)4/h5-6H,7-8H2,1-4H3/b6-5-. The van der Waals surface area contributed by atoms with Crippen LogP contribution in [0.1, 0.15) is 40.5 Å². The number of carbonyl (C=O) groups excluding carboxylic acids is 2. The molecule has 0 rings (SSSR count). The summed E-state index contributed by atoms with van der Waals surface area (Å²) in [5.74, 6) is 0.172. The Kier molecular flexibility index (Phi) is 4.60.